The molecule has 0 unspecified atom stereocenters. The summed E-state index contributed by atoms with van der Waals surface area (Å²) < 4.78 is 17.6. The Labute approximate surface area is 327 Å². The molecule has 0 spiro atoms. The minimum Gasteiger partial charge on any atom is -0.484 e. The molecule has 3 atom stereocenters. The topological polar surface area (TPSA) is 169 Å². The highest BCUT2D eigenvalue weighted by Gasteiger charge is 2.31. The van der Waals surface area contributed by atoms with E-state index in [1.807, 2.05) is 51.8 Å². The molecular formula is C40H55N11O5. The van der Waals surface area contributed by atoms with Crippen LogP contribution in [-0.4, -0.2) is 103 Å². The first-order valence-corrected chi connectivity index (χ1v) is 19.3. The number of piperidine rings is 1. The van der Waals surface area contributed by atoms with Crippen LogP contribution < -0.4 is 20.3 Å². The van der Waals surface area contributed by atoms with Gasteiger partial charge in [0.15, 0.2) is 5.65 Å². The Morgan fingerprint density at radius 1 is 1.05 bits per heavy atom. The number of ether oxygens (including phenoxy) is 2. The Morgan fingerprint density at radius 3 is 2.59 bits per heavy atom. The van der Waals surface area contributed by atoms with E-state index in [-0.39, 0.29) is 30.1 Å². The largest absolute Gasteiger partial charge is 0.484 e. The first kappa shape index (κ1) is 40.2. The number of methoxy groups -OCH3 is 1. The Balaban J connectivity index is 0.00000172. The summed E-state index contributed by atoms with van der Waals surface area (Å²) in [4.78, 5) is 26.6. The summed E-state index contributed by atoms with van der Waals surface area (Å²) in [7, 11) is 3.78. The number of pyridine rings is 1. The molecule has 16 heteroatoms. The molecule has 300 valence electrons. The standard InChI is InChI=1S/C39H53N11O3.CH2O2/c1-27-11-9-10-18-48(27)38-44-43-35-17-14-29(26-49(35)38)53-33-16-15-32(30-12-7-8-13-31(30)33)41-37(51)42-36-23-34(39(2,3)4)45-50(36)28-24-40-47(25-28)20-19-46(5)21-22-52-6;2-1-3/h7-8,12-14,17,23-27,32-33H,9-11,15-16,18-22H2,1-6H3,(H2,41,42,51);1H,(H,2,3)/t27-,32-,33+;/m0./s1. The Hall–Kier alpha value is -5.48. The Bertz CT molecular complexity index is 2070. The number of likely N-dealkylation sites (N-methyl/N-ethyl adjacent to an activating group) is 1. The lowest BCUT2D eigenvalue weighted by Gasteiger charge is -2.33. The van der Waals surface area contributed by atoms with Gasteiger partial charge in [-0.2, -0.15) is 10.2 Å². The van der Waals surface area contributed by atoms with Gasteiger partial charge in [-0.25, -0.2) is 9.48 Å². The van der Waals surface area contributed by atoms with Crippen LogP contribution in [0.1, 0.15) is 88.8 Å². The summed E-state index contributed by atoms with van der Waals surface area (Å²) in [5, 5.41) is 31.7. The van der Waals surface area contributed by atoms with Crippen molar-refractivity contribution in [1.29, 1.82) is 0 Å². The van der Waals surface area contributed by atoms with Crippen molar-refractivity contribution < 1.29 is 24.2 Å². The molecule has 0 bridgehead atoms. The van der Waals surface area contributed by atoms with Gasteiger partial charge < -0.3 is 29.7 Å². The molecule has 2 amide bonds. The summed E-state index contributed by atoms with van der Waals surface area (Å²) in [6.07, 6.45) is 10.6. The fourth-order valence-corrected chi connectivity index (χ4v) is 7.27. The molecule has 5 aromatic rings. The molecule has 0 radical (unpaired) electrons. The van der Waals surface area contributed by atoms with E-state index in [1.54, 1.807) is 18.0 Å². The minimum absolute atomic E-state index is 0.161. The third-order valence-corrected chi connectivity index (χ3v) is 10.4. The molecule has 56 heavy (non-hydrogen) atoms. The van der Waals surface area contributed by atoms with Crippen LogP contribution in [0.2, 0.25) is 0 Å². The van der Waals surface area contributed by atoms with E-state index in [1.165, 1.54) is 6.42 Å². The molecule has 1 aliphatic heterocycles. The van der Waals surface area contributed by atoms with Gasteiger partial charge in [0.05, 0.1) is 43.5 Å². The molecular weight excluding hydrogens is 715 g/mol. The van der Waals surface area contributed by atoms with Crippen molar-refractivity contribution in [1.82, 2.24) is 44.4 Å². The van der Waals surface area contributed by atoms with E-state index in [9.17, 15) is 4.79 Å². The van der Waals surface area contributed by atoms with E-state index in [2.05, 4.69) is 82.6 Å². The number of urea groups is 1. The SMILES string of the molecule is COCCN(C)CCn1cc(-n2nc(C(C)(C)C)cc2NC(=O)N[C@H]2CC[C@@H](Oc3ccc4nnc(N5CCCC[C@@H]5C)n4c3)c3ccccc32)cn1.O=CO. The fraction of sp³-hybridized carbons (Fsp3) is 0.500. The number of benzene rings is 1. The lowest BCUT2D eigenvalue weighted by molar-refractivity contribution is -0.122. The van der Waals surface area contributed by atoms with Gasteiger partial charge in [-0.3, -0.25) is 19.2 Å². The number of fused-ring (bicyclic) bond motifs is 2. The van der Waals surface area contributed by atoms with Crippen molar-refractivity contribution in [2.75, 3.05) is 50.6 Å². The smallest absolute Gasteiger partial charge is 0.320 e. The number of carboxylic acid groups (broad SMARTS) is 1. The van der Waals surface area contributed by atoms with Gasteiger partial charge in [-0.1, -0.05) is 45.0 Å². The number of amides is 2. The molecule has 3 N–H and O–H groups in total. The van der Waals surface area contributed by atoms with Crippen LogP contribution in [0.4, 0.5) is 16.6 Å². The molecule has 1 saturated heterocycles. The first-order valence-electron chi connectivity index (χ1n) is 19.3. The van der Waals surface area contributed by atoms with E-state index in [4.69, 9.17) is 24.5 Å². The average molecular weight is 770 g/mol. The number of hydrogen-bond donors (Lipinski definition) is 3. The molecule has 0 saturated carbocycles. The maximum Gasteiger partial charge on any atom is 0.320 e. The summed E-state index contributed by atoms with van der Waals surface area (Å²) in [5.74, 6) is 2.21. The molecule has 4 aromatic heterocycles. The molecule has 2 aliphatic rings. The second kappa shape index (κ2) is 18.0. The Morgan fingerprint density at radius 2 is 1.84 bits per heavy atom. The van der Waals surface area contributed by atoms with Gasteiger partial charge in [-0.05, 0) is 69.3 Å². The fourth-order valence-electron chi connectivity index (χ4n) is 7.27. The van der Waals surface area contributed by atoms with Crippen molar-refractivity contribution in [3.8, 4) is 11.4 Å². The maximum absolute atomic E-state index is 13.7. The lowest BCUT2D eigenvalue weighted by atomic mass is 9.85. The van der Waals surface area contributed by atoms with E-state index in [0.29, 0.717) is 18.5 Å². The number of nitrogens with one attached hydrogen (secondary N) is 2. The predicted molar refractivity (Wildman–Crippen MR) is 214 cm³/mol. The predicted octanol–water partition coefficient (Wildman–Crippen LogP) is 5.84. The zero-order valence-electron chi connectivity index (χ0n) is 33.3. The lowest BCUT2D eigenvalue weighted by Crippen LogP contribution is -2.38. The highest BCUT2D eigenvalue weighted by molar-refractivity contribution is 5.89. The number of aromatic nitrogens is 7. The minimum atomic E-state index is -0.296. The number of carbonyl (C=O) groups is 2. The summed E-state index contributed by atoms with van der Waals surface area (Å²) in [6.45, 7) is 12.4. The third-order valence-electron chi connectivity index (χ3n) is 10.4. The van der Waals surface area contributed by atoms with Crippen molar-refractivity contribution in [3.63, 3.8) is 0 Å². The van der Waals surface area contributed by atoms with Gasteiger partial charge in [0, 0.05) is 44.3 Å². The molecule has 16 nitrogen and oxygen atoms in total. The number of rotatable bonds is 12. The van der Waals surface area contributed by atoms with Crippen LogP contribution in [0.25, 0.3) is 11.3 Å². The quantitative estimate of drug-likeness (QED) is 0.130. The number of carbonyl (C=O) groups excluding carboxylic acids is 1. The first-order chi connectivity index (χ1) is 27.0. The summed E-state index contributed by atoms with van der Waals surface area (Å²) in [5.41, 5.74) is 4.34. The van der Waals surface area contributed by atoms with E-state index < -0.39 is 0 Å². The summed E-state index contributed by atoms with van der Waals surface area (Å²) in [6, 6.07) is 14.0. The van der Waals surface area contributed by atoms with Crippen molar-refractivity contribution in [3.05, 3.63) is 77.9 Å². The van der Waals surface area contributed by atoms with Crippen LogP contribution in [0.15, 0.2) is 61.1 Å². The van der Waals surface area contributed by atoms with Gasteiger partial charge in [0.1, 0.15) is 23.4 Å². The monoisotopic (exact) mass is 769 g/mol. The Kier molecular flexibility index (Phi) is 12.9. The van der Waals surface area contributed by atoms with Crippen LogP contribution in [-0.2, 0) is 21.5 Å². The van der Waals surface area contributed by atoms with E-state index in [0.717, 1.165) is 91.7 Å². The van der Waals surface area contributed by atoms with Gasteiger partial charge >= 0.3 is 6.03 Å². The number of nitrogens with zero attached hydrogens (tertiary/aromatic N) is 9. The van der Waals surface area contributed by atoms with Crippen molar-refractivity contribution in [2.45, 2.75) is 89.9 Å². The zero-order valence-corrected chi connectivity index (χ0v) is 33.3. The molecule has 5 heterocycles. The normalized spacial score (nSPS) is 18.3. The average Bonchev–Trinajstić information content (AvgIpc) is 3.93. The van der Waals surface area contributed by atoms with Gasteiger partial charge in [-0.15, -0.1) is 10.2 Å². The van der Waals surface area contributed by atoms with Gasteiger partial charge in [0.25, 0.3) is 6.47 Å². The summed E-state index contributed by atoms with van der Waals surface area (Å²) >= 11 is 0. The van der Waals surface area contributed by atoms with Crippen LogP contribution in [0, 0.1) is 0 Å². The zero-order chi connectivity index (χ0) is 39.8. The number of hydrogen-bond acceptors (Lipinski definition) is 10. The molecule has 1 fully saturated rings. The van der Waals surface area contributed by atoms with Crippen molar-refractivity contribution in [2.24, 2.45) is 0 Å². The highest BCUT2D eigenvalue weighted by atomic mass is 16.5. The van der Waals surface area contributed by atoms with E-state index >= 15 is 0 Å². The van der Waals surface area contributed by atoms with Crippen LogP contribution in [0.5, 0.6) is 5.75 Å². The molecule has 1 aromatic carbocycles. The number of anilines is 2. The third kappa shape index (κ3) is 9.48. The maximum atomic E-state index is 13.7. The van der Waals surface area contributed by atoms with Gasteiger partial charge in [0.2, 0.25) is 5.95 Å². The van der Waals surface area contributed by atoms with Crippen molar-refractivity contribution >= 4 is 29.9 Å². The second-order valence-corrected chi connectivity index (χ2v) is 15.5. The molecule has 1 aliphatic carbocycles. The van der Waals surface area contributed by atoms with Crippen LogP contribution in [0.3, 0.4) is 0 Å². The second-order valence-electron chi connectivity index (χ2n) is 15.5. The van der Waals surface area contributed by atoms with Crippen LogP contribution >= 0.6 is 0 Å². The highest BCUT2D eigenvalue weighted by Crippen LogP contribution is 2.39. The molecule has 7 rings (SSSR count).